The highest BCUT2D eigenvalue weighted by Crippen LogP contribution is 2.49. The lowest BCUT2D eigenvalue weighted by Crippen LogP contribution is -2.61. The zero-order valence-corrected chi connectivity index (χ0v) is 86.6. The average Bonchev–Trinajstić information content (AvgIpc) is 1.72. The van der Waals surface area contributed by atoms with Crippen LogP contribution in [-0.4, -0.2) is 240 Å². The third-order valence-electron chi connectivity index (χ3n) is 29.9. The second-order valence-corrected chi connectivity index (χ2v) is 41.9. The van der Waals surface area contributed by atoms with E-state index in [9.17, 15) is 33.6 Å². The SMILES string of the molecule is CC1CCN(C(=O)c2cnc3c(c2)c(Cl)cn3-c2cncnc2)CC1.CC1CCN(C(=O)c2cnc3c(c2)c(Cl)cn3-c2cnn(C)c2)CC1.CC1CCN(C(=O)c2cnc3c(ccn3-c3ccc(=O)[nH]c3)c2)CC1.CC1CCN(C(=O)c2cnc3c(ccn3-c3ccncn3)c2)CC1.Cc1cn(-c2cnccn2)c2ccc(C(=O)N3CCC(C)CC3)cc12.O=C(c1ccc2c(c1)ncn2-c1cccc(Cl)c1)N1CC2(CCC2)C1. The highest BCUT2D eigenvalue weighted by Gasteiger charge is 2.49. The average molecular weight is 2060 g/mol. The molecule has 15 aromatic heterocycles. The van der Waals surface area contributed by atoms with Crippen molar-refractivity contribution in [2.75, 3.05) is 78.5 Å². The fraction of sp³-hybridized carbons (Fsp3) is 0.336. The van der Waals surface area contributed by atoms with Gasteiger partial charge in [-0.1, -0.05) is 81.9 Å². The number of carbonyl (C=O) groups excluding carboxylic acids is 6. The Labute approximate surface area is 876 Å². The van der Waals surface area contributed by atoms with Crippen molar-refractivity contribution in [3.8, 4) is 34.4 Å². The molecule has 7 fully saturated rings. The molecule has 1 aliphatic carbocycles. The van der Waals surface area contributed by atoms with Gasteiger partial charge in [-0.05, 0) is 222 Å². The van der Waals surface area contributed by atoms with Gasteiger partial charge in [0.15, 0.2) is 5.82 Å². The van der Waals surface area contributed by atoms with E-state index in [1.165, 1.54) is 38.0 Å². The van der Waals surface area contributed by atoms with Gasteiger partial charge in [-0.2, -0.15) is 5.10 Å². The molecular formula is C113H117Cl3N26O7. The number of piperidine rings is 5. The van der Waals surface area contributed by atoms with E-state index in [1.807, 2.05) is 198 Å². The number of hydrogen-bond donors (Lipinski definition) is 1. The Morgan fingerprint density at radius 2 is 0.859 bits per heavy atom. The number of likely N-dealkylation sites (tertiary alicyclic amines) is 6. The minimum atomic E-state index is -0.142. The number of aryl methyl sites for hydroxylation is 2. The van der Waals surface area contributed by atoms with Crippen LogP contribution in [-0.2, 0) is 7.05 Å². The summed E-state index contributed by atoms with van der Waals surface area (Å²) in [5, 5.41) is 10.5. The van der Waals surface area contributed by atoms with Gasteiger partial charge in [0.05, 0.1) is 90.7 Å². The summed E-state index contributed by atoms with van der Waals surface area (Å²) >= 11 is 18.9. The van der Waals surface area contributed by atoms with Crippen molar-refractivity contribution < 1.29 is 28.8 Å². The van der Waals surface area contributed by atoms with Crippen molar-refractivity contribution in [1.29, 1.82) is 0 Å². The Bertz CT molecular complexity index is 7830. The number of fused-ring (bicyclic) bond motifs is 6. The van der Waals surface area contributed by atoms with Gasteiger partial charge in [0, 0.05) is 233 Å². The second kappa shape index (κ2) is 44.3. The molecular weight excluding hydrogens is 1940 g/mol. The van der Waals surface area contributed by atoms with Crippen LogP contribution in [0.5, 0.6) is 0 Å². The van der Waals surface area contributed by atoms with Crippen LogP contribution in [0.4, 0.5) is 0 Å². The molecule has 6 saturated heterocycles. The molecule has 3 aromatic carbocycles. The van der Waals surface area contributed by atoms with E-state index in [1.54, 1.807) is 97.6 Å². The van der Waals surface area contributed by atoms with Crippen LogP contribution in [0.2, 0.25) is 15.1 Å². The zero-order valence-electron chi connectivity index (χ0n) is 84.3. The van der Waals surface area contributed by atoms with Crippen LogP contribution < -0.4 is 5.56 Å². The summed E-state index contributed by atoms with van der Waals surface area (Å²) in [6, 6.07) is 35.8. The van der Waals surface area contributed by atoms with E-state index in [0.29, 0.717) is 72.1 Å². The highest BCUT2D eigenvalue weighted by molar-refractivity contribution is 6.36. The molecule has 21 heterocycles. The number of rotatable bonds is 12. The Morgan fingerprint density at radius 1 is 0.369 bits per heavy atom. The van der Waals surface area contributed by atoms with Crippen LogP contribution in [0.3, 0.4) is 0 Å². The van der Waals surface area contributed by atoms with Gasteiger partial charge in [0.2, 0.25) is 5.56 Å². The Hall–Kier alpha value is -15.5. The van der Waals surface area contributed by atoms with Crippen molar-refractivity contribution in [3.05, 3.63) is 310 Å². The molecule has 1 spiro atoms. The third kappa shape index (κ3) is 22.3. The minimum absolute atomic E-state index is 0.0214. The van der Waals surface area contributed by atoms with E-state index < -0.39 is 0 Å². The quantitative estimate of drug-likeness (QED) is 0.119. The highest BCUT2D eigenvalue weighted by atomic mass is 35.5. The monoisotopic (exact) mass is 2050 g/mol. The van der Waals surface area contributed by atoms with Crippen LogP contribution in [0.15, 0.2) is 251 Å². The normalized spacial score (nSPS) is 16.1. The predicted octanol–water partition coefficient (Wildman–Crippen LogP) is 19.8. The van der Waals surface area contributed by atoms with E-state index in [-0.39, 0.29) is 41.0 Å². The fourth-order valence-corrected chi connectivity index (χ4v) is 21.2. The number of H-pyrrole nitrogens is 1. The number of aromatic amines is 1. The third-order valence-corrected chi connectivity index (χ3v) is 30.8. The molecule has 1 saturated carbocycles. The van der Waals surface area contributed by atoms with Gasteiger partial charge in [-0.25, -0.2) is 49.8 Å². The van der Waals surface area contributed by atoms with Crippen molar-refractivity contribution in [3.63, 3.8) is 0 Å². The lowest BCUT2D eigenvalue weighted by molar-refractivity contribution is -0.0426. The van der Waals surface area contributed by atoms with Crippen molar-refractivity contribution in [2.45, 2.75) is 125 Å². The minimum Gasteiger partial charge on any atom is -0.339 e. The number of halogens is 3. The second-order valence-electron chi connectivity index (χ2n) is 40.6. The summed E-state index contributed by atoms with van der Waals surface area (Å²) in [5.74, 6) is 5.47. The fourth-order valence-electron chi connectivity index (χ4n) is 20.5. The summed E-state index contributed by atoms with van der Waals surface area (Å²) < 4.78 is 13.2. The Kier molecular flexibility index (Phi) is 30.0. The predicted molar refractivity (Wildman–Crippen MR) is 576 cm³/mol. The molecule has 1 N–H and O–H groups in total. The van der Waals surface area contributed by atoms with Crippen LogP contribution in [0.25, 0.3) is 100 Å². The molecule has 7 aliphatic rings. The molecule has 0 atom stereocenters. The maximum atomic E-state index is 12.8. The van der Waals surface area contributed by atoms with Crippen molar-refractivity contribution in [2.24, 2.45) is 42.1 Å². The standard InChI is InChI=1S/C20H18ClN3O.C20H22N4O.C19H20N4O2.C18H20ClN5O.C18H18ClN5O.C18H19N5O/c21-15-3-1-4-16(10-15)24-13-22-17-9-14(5-6-18(17)24)19(25)23-11-20(12-23)7-2-8-20;1-14-5-9-23(10-6-14)20(25)16-3-4-18-17(11-16)15(2)13-24(18)19-12-21-7-8-22-19;1-13-4-7-22(8-5-13)19(25)15-10-14-6-9-23(18(14)21-11-15)16-2-3-17(24)20-12-16;1-12-3-5-23(6-4-12)18(25)13-7-15-16(19)11-24(17(15)20-8-13)14-9-21-22(2)10-14;1-12-2-4-23(5-3-12)18(25)13-6-15-16(19)10-24(17(15)22-7-13)14-8-20-11-21-9-14;1-13-3-7-22(8-4-13)18(24)15-10-14-5-9-23(17(14)20-11-15)16-2-6-19-12-21-16/h1,3-6,9-10,13H,2,7-8,11-12H2;3-4,7-8,11-14H,5-6,9-10H2,1-2H3;2-3,6,9-13H,4-5,7-8H2,1H3,(H,20,24);7-12H,3-6H2,1-2H3;6-12H,2-5H2,1H3;2,5-6,9-13H,3-4,7-8H2,1H3. The maximum absolute atomic E-state index is 12.8. The van der Waals surface area contributed by atoms with E-state index in [4.69, 9.17) is 34.8 Å². The van der Waals surface area contributed by atoms with Crippen LogP contribution >= 0.6 is 34.8 Å². The van der Waals surface area contributed by atoms with Gasteiger partial charge in [0.25, 0.3) is 35.4 Å². The van der Waals surface area contributed by atoms with Crippen LogP contribution in [0.1, 0.15) is 186 Å². The van der Waals surface area contributed by atoms with Gasteiger partial charge in [-0.3, -0.25) is 70.6 Å². The molecule has 25 rings (SSSR count). The van der Waals surface area contributed by atoms with E-state index >= 15 is 0 Å². The Morgan fingerprint density at radius 3 is 1.34 bits per heavy atom. The number of amides is 6. The Balaban J connectivity index is 0.000000108. The number of pyridine rings is 5. The van der Waals surface area contributed by atoms with Crippen molar-refractivity contribution >= 4 is 136 Å². The van der Waals surface area contributed by atoms with Crippen molar-refractivity contribution in [1.82, 2.24) is 126 Å². The number of aromatic nitrogens is 20. The topological polar surface area (TPSA) is 344 Å². The molecule has 6 amide bonds. The van der Waals surface area contributed by atoms with Gasteiger partial charge in [0.1, 0.15) is 47.4 Å². The van der Waals surface area contributed by atoms with E-state index in [0.717, 1.165) is 260 Å². The first-order valence-electron chi connectivity index (χ1n) is 51.1. The summed E-state index contributed by atoms with van der Waals surface area (Å²) in [5.41, 5.74) is 14.6. The van der Waals surface area contributed by atoms with E-state index in [2.05, 4.69) is 106 Å². The summed E-state index contributed by atoms with van der Waals surface area (Å²) in [7, 11) is 1.86. The molecule has 0 unspecified atom stereocenters. The number of hydrogen-bond acceptors (Lipinski definition) is 19. The molecule has 33 nitrogen and oxygen atoms in total. The molecule has 36 heteroatoms. The summed E-state index contributed by atoms with van der Waals surface area (Å²) in [6.45, 7) is 23.3. The first-order valence-corrected chi connectivity index (χ1v) is 52.2. The summed E-state index contributed by atoms with van der Waals surface area (Å²) in [6.07, 6.45) is 50.8. The van der Waals surface area contributed by atoms with Gasteiger partial charge < -0.3 is 34.4 Å². The smallest absolute Gasteiger partial charge is 0.255 e. The van der Waals surface area contributed by atoms with Gasteiger partial charge in [-0.15, -0.1) is 0 Å². The molecule has 762 valence electrons. The first-order chi connectivity index (χ1) is 72.3. The number of carbonyl (C=O) groups is 6. The first kappa shape index (κ1) is 101. The van der Waals surface area contributed by atoms with Crippen LogP contribution in [0, 0.1) is 41.9 Å². The zero-order chi connectivity index (χ0) is 103. The number of nitrogens with one attached hydrogen (secondary N) is 1. The lowest BCUT2D eigenvalue weighted by atomic mass is 9.63. The molecule has 0 radical (unpaired) electrons. The lowest BCUT2D eigenvalue weighted by Gasteiger charge is -2.55. The van der Waals surface area contributed by atoms with Gasteiger partial charge >= 0.3 is 0 Å². The molecule has 6 aliphatic heterocycles. The number of imidazole rings is 1. The molecule has 149 heavy (non-hydrogen) atoms. The maximum Gasteiger partial charge on any atom is 0.255 e. The molecule has 0 bridgehead atoms. The molecule has 18 aromatic rings. The largest absolute Gasteiger partial charge is 0.339 e. The summed E-state index contributed by atoms with van der Waals surface area (Å²) in [4.78, 5) is 149. The number of benzene rings is 3. The number of nitrogens with zero attached hydrogens (tertiary/aromatic N) is 25.